The van der Waals surface area contributed by atoms with Crippen LogP contribution in [0.25, 0.3) is 0 Å². The van der Waals surface area contributed by atoms with Crippen LogP contribution < -0.4 is 0 Å². The number of aryl methyl sites for hydroxylation is 1. The van der Waals surface area contributed by atoms with Crippen molar-refractivity contribution in [1.29, 1.82) is 0 Å². The number of amides is 1. The number of esters is 1. The maximum atomic E-state index is 13.1. The minimum Gasteiger partial charge on any atom is -0.463 e. The summed E-state index contributed by atoms with van der Waals surface area (Å²) in [5.74, 6) is -2.73. The van der Waals surface area contributed by atoms with Crippen LogP contribution >= 0.6 is 0 Å². The third-order valence-electron chi connectivity index (χ3n) is 4.10. The molecule has 1 amide bonds. The van der Waals surface area contributed by atoms with Crippen LogP contribution in [0.5, 0.6) is 0 Å². The molecular formula is C21H22FNO4. The van der Waals surface area contributed by atoms with Crippen LogP contribution in [0.4, 0.5) is 4.39 Å². The highest BCUT2D eigenvalue weighted by Gasteiger charge is 2.22. The van der Waals surface area contributed by atoms with E-state index in [1.165, 1.54) is 17.0 Å². The van der Waals surface area contributed by atoms with E-state index in [0.29, 0.717) is 13.0 Å². The fourth-order valence-electron chi connectivity index (χ4n) is 2.66. The number of Topliss-reactive ketones (excluding diaryl/α,β-unsaturated/α-hetero) is 1. The Bertz CT molecular complexity index is 775. The number of benzene rings is 2. The number of ether oxygens (including phenoxy) is 1. The van der Waals surface area contributed by atoms with Gasteiger partial charge in [0, 0.05) is 13.1 Å². The number of halogens is 1. The first kappa shape index (κ1) is 20.3. The summed E-state index contributed by atoms with van der Waals surface area (Å²) >= 11 is 0. The molecule has 0 bridgehead atoms. The summed E-state index contributed by atoms with van der Waals surface area (Å²) in [5.41, 5.74) is 1.90. The molecule has 0 saturated carbocycles. The molecule has 5 nitrogen and oxygen atoms in total. The third kappa shape index (κ3) is 6.66. The van der Waals surface area contributed by atoms with Crippen molar-refractivity contribution in [1.82, 2.24) is 4.90 Å². The standard InChI is InChI=1S/C21H22FNO4/c1-27-21(26)19(24)14-20(25)23(15-17-9-11-18(22)12-10-17)13-5-8-16-6-3-2-4-7-16/h2-4,6-7,9-12H,5,8,13-15H2,1H3. The van der Waals surface area contributed by atoms with Crippen LogP contribution in [0, 0.1) is 5.82 Å². The fourth-order valence-corrected chi connectivity index (χ4v) is 2.66. The first-order valence-electron chi connectivity index (χ1n) is 8.67. The van der Waals surface area contributed by atoms with Crippen molar-refractivity contribution in [3.8, 4) is 0 Å². The van der Waals surface area contributed by atoms with Gasteiger partial charge in [0.1, 0.15) is 5.82 Å². The van der Waals surface area contributed by atoms with Crippen LogP contribution in [-0.2, 0) is 32.1 Å². The Kier molecular flexibility index (Phi) is 7.67. The van der Waals surface area contributed by atoms with Crippen molar-refractivity contribution < 1.29 is 23.5 Å². The minimum atomic E-state index is -1.03. The number of rotatable bonds is 9. The highest BCUT2D eigenvalue weighted by molar-refractivity contribution is 6.36. The zero-order chi connectivity index (χ0) is 19.6. The van der Waals surface area contributed by atoms with E-state index in [-0.39, 0.29) is 12.4 Å². The van der Waals surface area contributed by atoms with Gasteiger partial charge in [0.05, 0.1) is 13.5 Å². The van der Waals surface area contributed by atoms with Gasteiger partial charge < -0.3 is 9.64 Å². The number of carbonyl (C=O) groups is 3. The zero-order valence-electron chi connectivity index (χ0n) is 15.2. The van der Waals surface area contributed by atoms with Gasteiger partial charge in [-0.1, -0.05) is 42.5 Å². The Balaban J connectivity index is 2.02. The number of nitrogens with zero attached hydrogens (tertiary/aromatic N) is 1. The predicted octanol–water partition coefficient (Wildman–Crippen LogP) is 2.92. The molecule has 0 atom stereocenters. The van der Waals surface area contributed by atoms with Crippen LogP contribution in [-0.4, -0.2) is 36.2 Å². The Morgan fingerprint density at radius 1 is 0.963 bits per heavy atom. The van der Waals surface area contributed by atoms with E-state index in [1.807, 2.05) is 30.3 Å². The van der Waals surface area contributed by atoms with E-state index in [1.54, 1.807) is 12.1 Å². The summed E-state index contributed by atoms with van der Waals surface area (Å²) in [6.45, 7) is 0.655. The molecule has 0 radical (unpaired) electrons. The van der Waals surface area contributed by atoms with Crippen LogP contribution in [0.2, 0.25) is 0 Å². The average molecular weight is 371 g/mol. The van der Waals surface area contributed by atoms with Gasteiger partial charge in [-0.2, -0.15) is 0 Å². The predicted molar refractivity (Wildman–Crippen MR) is 98.2 cm³/mol. The Hall–Kier alpha value is -3.02. The molecule has 0 fully saturated rings. The Labute approximate surface area is 157 Å². The maximum absolute atomic E-state index is 13.1. The molecule has 0 N–H and O–H groups in total. The van der Waals surface area contributed by atoms with Gasteiger partial charge in [0.2, 0.25) is 11.7 Å². The van der Waals surface area contributed by atoms with Crippen molar-refractivity contribution in [2.45, 2.75) is 25.8 Å². The lowest BCUT2D eigenvalue weighted by Crippen LogP contribution is -2.34. The summed E-state index contributed by atoms with van der Waals surface area (Å²) in [4.78, 5) is 37.0. The van der Waals surface area contributed by atoms with E-state index in [4.69, 9.17) is 0 Å². The molecule has 0 aliphatic heterocycles. The molecule has 0 aromatic heterocycles. The SMILES string of the molecule is COC(=O)C(=O)CC(=O)N(CCCc1ccccc1)Cc1ccc(F)cc1. The van der Waals surface area contributed by atoms with E-state index >= 15 is 0 Å². The molecule has 2 aromatic carbocycles. The van der Waals surface area contributed by atoms with Crippen molar-refractivity contribution in [3.63, 3.8) is 0 Å². The molecule has 2 rings (SSSR count). The molecule has 0 heterocycles. The summed E-state index contributed by atoms with van der Waals surface area (Å²) in [6, 6.07) is 15.7. The van der Waals surface area contributed by atoms with Gasteiger partial charge in [-0.15, -0.1) is 0 Å². The first-order chi connectivity index (χ1) is 13.0. The largest absolute Gasteiger partial charge is 0.463 e. The second-order valence-electron chi connectivity index (χ2n) is 6.12. The van der Waals surface area contributed by atoms with E-state index in [2.05, 4.69) is 4.74 Å². The Morgan fingerprint density at radius 3 is 2.26 bits per heavy atom. The second kappa shape index (κ2) is 10.2. The van der Waals surface area contributed by atoms with Crippen LogP contribution in [0.15, 0.2) is 54.6 Å². The monoisotopic (exact) mass is 371 g/mol. The number of ketones is 1. The maximum Gasteiger partial charge on any atom is 0.374 e. The van der Waals surface area contributed by atoms with Crippen molar-refractivity contribution in [2.24, 2.45) is 0 Å². The quantitative estimate of drug-likeness (QED) is 0.386. The number of hydrogen-bond acceptors (Lipinski definition) is 4. The molecule has 0 spiro atoms. The van der Waals surface area contributed by atoms with Gasteiger partial charge in [0.25, 0.3) is 0 Å². The molecule has 0 aliphatic rings. The second-order valence-corrected chi connectivity index (χ2v) is 6.12. The number of methoxy groups -OCH3 is 1. The lowest BCUT2D eigenvalue weighted by atomic mass is 10.1. The van der Waals surface area contributed by atoms with Gasteiger partial charge in [-0.25, -0.2) is 9.18 Å². The van der Waals surface area contributed by atoms with Gasteiger partial charge >= 0.3 is 5.97 Å². The topological polar surface area (TPSA) is 63.7 Å². The summed E-state index contributed by atoms with van der Waals surface area (Å²) in [7, 11) is 1.10. The normalized spacial score (nSPS) is 10.3. The number of carbonyl (C=O) groups excluding carboxylic acids is 3. The van der Waals surface area contributed by atoms with Gasteiger partial charge in [0.15, 0.2) is 0 Å². The highest BCUT2D eigenvalue weighted by atomic mass is 19.1. The number of hydrogen-bond donors (Lipinski definition) is 0. The van der Waals surface area contributed by atoms with Gasteiger partial charge in [-0.3, -0.25) is 9.59 Å². The van der Waals surface area contributed by atoms with Crippen molar-refractivity contribution >= 4 is 17.7 Å². The van der Waals surface area contributed by atoms with E-state index in [9.17, 15) is 18.8 Å². The van der Waals surface area contributed by atoms with E-state index in [0.717, 1.165) is 24.7 Å². The minimum absolute atomic E-state index is 0.238. The smallest absolute Gasteiger partial charge is 0.374 e. The molecule has 6 heteroatoms. The van der Waals surface area contributed by atoms with Gasteiger partial charge in [-0.05, 0) is 36.1 Å². The lowest BCUT2D eigenvalue weighted by molar-refractivity contribution is -0.153. The molecule has 2 aromatic rings. The van der Waals surface area contributed by atoms with Crippen molar-refractivity contribution in [2.75, 3.05) is 13.7 Å². The molecule has 0 saturated heterocycles. The Morgan fingerprint density at radius 2 is 1.63 bits per heavy atom. The summed E-state index contributed by atoms with van der Waals surface area (Å²) in [6.07, 6.45) is 0.932. The van der Waals surface area contributed by atoms with E-state index < -0.39 is 24.1 Å². The summed E-state index contributed by atoms with van der Waals surface area (Å²) in [5, 5.41) is 0. The first-order valence-corrected chi connectivity index (χ1v) is 8.67. The average Bonchev–Trinajstić information content (AvgIpc) is 2.68. The molecule has 0 aliphatic carbocycles. The van der Waals surface area contributed by atoms with Crippen LogP contribution in [0.1, 0.15) is 24.0 Å². The summed E-state index contributed by atoms with van der Waals surface area (Å²) < 4.78 is 17.5. The fraction of sp³-hybridized carbons (Fsp3) is 0.286. The van der Waals surface area contributed by atoms with Crippen molar-refractivity contribution in [3.05, 3.63) is 71.5 Å². The van der Waals surface area contributed by atoms with Crippen LogP contribution in [0.3, 0.4) is 0 Å². The lowest BCUT2D eigenvalue weighted by Gasteiger charge is -2.22. The molecule has 27 heavy (non-hydrogen) atoms. The highest BCUT2D eigenvalue weighted by Crippen LogP contribution is 2.11. The molecule has 0 unspecified atom stereocenters. The molecular weight excluding hydrogens is 349 g/mol. The molecule has 142 valence electrons. The third-order valence-corrected chi connectivity index (χ3v) is 4.10. The zero-order valence-corrected chi connectivity index (χ0v) is 15.2.